The molecule has 10 heteroatoms. The van der Waals surface area contributed by atoms with Gasteiger partial charge in [-0.1, -0.05) is 50.0 Å². The zero-order valence-electron chi connectivity index (χ0n) is 24.6. The number of pyridine rings is 1. The molecule has 41 heavy (non-hydrogen) atoms. The second-order valence-corrected chi connectivity index (χ2v) is 12.6. The Morgan fingerprint density at radius 3 is 2.59 bits per heavy atom. The van der Waals surface area contributed by atoms with Crippen molar-refractivity contribution in [2.45, 2.75) is 78.0 Å². The molecular formula is C31H45Cl2FN6O. The van der Waals surface area contributed by atoms with Crippen LogP contribution in [0.15, 0.2) is 30.5 Å². The average Bonchev–Trinajstić information content (AvgIpc) is 2.96. The number of nitrogens with one attached hydrogen (secondary N) is 2. The molecule has 2 fully saturated rings. The van der Waals surface area contributed by atoms with E-state index in [4.69, 9.17) is 28.2 Å². The summed E-state index contributed by atoms with van der Waals surface area (Å²) in [5.41, 5.74) is 1.59. The summed E-state index contributed by atoms with van der Waals surface area (Å²) in [4.78, 5) is 24.1. The molecule has 0 saturated carbocycles. The monoisotopic (exact) mass is 606 g/mol. The number of halogens is 3. The van der Waals surface area contributed by atoms with E-state index < -0.39 is 0 Å². The lowest BCUT2D eigenvalue weighted by Gasteiger charge is -2.47. The molecule has 7 nitrogen and oxygen atoms in total. The first-order chi connectivity index (χ1) is 19.7. The zero-order chi connectivity index (χ0) is 29.4. The van der Waals surface area contributed by atoms with Crippen LogP contribution >= 0.6 is 23.2 Å². The SMILES string of the molecule is CC[C@H]1CN(c2ncc(CNC(=O)NCCCC(C)C)cc2Cl)CCN1C1CCN(Cc2ccc(Cl)cc2F)CC1. The van der Waals surface area contributed by atoms with Gasteiger partial charge in [0.2, 0.25) is 0 Å². The van der Waals surface area contributed by atoms with Gasteiger partial charge in [0.15, 0.2) is 0 Å². The lowest BCUT2D eigenvalue weighted by atomic mass is 9.97. The van der Waals surface area contributed by atoms with Crippen molar-refractivity contribution in [3.63, 3.8) is 0 Å². The summed E-state index contributed by atoms with van der Waals surface area (Å²) in [6, 6.07) is 7.66. The van der Waals surface area contributed by atoms with Crippen LogP contribution in [0.1, 0.15) is 64.0 Å². The predicted molar refractivity (Wildman–Crippen MR) is 166 cm³/mol. The fourth-order valence-electron chi connectivity index (χ4n) is 5.96. The van der Waals surface area contributed by atoms with Gasteiger partial charge in [0.25, 0.3) is 0 Å². The van der Waals surface area contributed by atoms with Gasteiger partial charge in [0.1, 0.15) is 11.6 Å². The molecule has 1 aromatic heterocycles. The summed E-state index contributed by atoms with van der Waals surface area (Å²) in [6.07, 6.45) is 7.10. The van der Waals surface area contributed by atoms with Gasteiger partial charge in [-0.05, 0) is 74.9 Å². The second kappa shape index (κ2) is 15.4. The molecule has 0 bridgehead atoms. The molecule has 0 radical (unpaired) electrons. The van der Waals surface area contributed by atoms with Gasteiger partial charge < -0.3 is 15.5 Å². The van der Waals surface area contributed by atoms with E-state index in [1.165, 1.54) is 6.07 Å². The third kappa shape index (κ3) is 9.18. The minimum Gasteiger partial charge on any atom is -0.353 e. The molecule has 2 aromatic rings. The molecule has 0 aliphatic carbocycles. The Bertz CT molecular complexity index is 1140. The molecule has 2 amide bonds. The summed E-state index contributed by atoms with van der Waals surface area (Å²) in [5, 5.41) is 6.86. The number of urea groups is 1. The molecule has 0 unspecified atom stereocenters. The third-order valence-corrected chi connectivity index (χ3v) is 8.82. The standard InChI is InChI=1S/C31H45Cl2FN6O/c1-4-26-21-39(30-28(33)16-23(18-36-30)19-37-31(41)35-11-5-6-22(2)3)14-15-40(26)27-9-12-38(13-10-27)20-24-7-8-25(32)17-29(24)34/h7-8,16-18,22,26-27H,4-6,9-15,19-21H2,1-3H3,(H2,35,37,41)/t26-/m0/s1. The number of rotatable bonds is 11. The van der Waals surface area contributed by atoms with Crippen LogP contribution in [0.25, 0.3) is 0 Å². The van der Waals surface area contributed by atoms with E-state index in [9.17, 15) is 9.18 Å². The largest absolute Gasteiger partial charge is 0.353 e. The van der Waals surface area contributed by atoms with E-state index in [0.717, 1.165) is 76.2 Å². The topological polar surface area (TPSA) is 63.7 Å². The van der Waals surface area contributed by atoms with Gasteiger partial charge in [-0.2, -0.15) is 0 Å². The molecule has 226 valence electrons. The fourth-order valence-corrected chi connectivity index (χ4v) is 6.43. The number of piperidine rings is 1. The highest BCUT2D eigenvalue weighted by Crippen LogP contribution is 2.30. The lowest BCUT2D eigenvalue weighted by Crippen LogP contribution is -2.58. The summed E-state index contributed by atoms with van der Waals surface area (Å²) >= 11 is 12.6. The summed E-state index contributed by atoms with van der Waals surface area (Å²) in [6.45, 7) is 12.9. The quantitative estimate of drug-likeness (QED) is 0.293. The Balaban J connectivity index is 1.25. The van der Waals surface area contributed by atoms with Crippen molar-refractivity contribution < 1.29 is 9.18 Å². The van der Waals surface area contributed by atoms with Gasteiger partial charge in [-0.3, -0.25) is 9.80 Å². The summed E-state index contributed by atoms with van der Waals surface area (Å²) in [5.74, 6) is 1.22. The van der Waals surface area contributed by atoms with E-state index in [-0.39, 0.29) is 11.8 Å². The van der Waals surface area contributed by atoms with E-state index in [2.05, 4.69) is 46.1 Å². The van der Waals surface area contributed by atoms with E-state index in [1.54, 1.807) is 12.1 Å². The van der Waals surface area contributed by atoms with Crippen LogP contribution in [0.5, 0.6) is 0 Å². The number of likely N-dealkylation sites (tertiary alicyclic amines) is 1. The molecular weight excluding hydrogens is 562 g/mol. The van der Waals surface area contributed by atoms with Gasteiger partial charge >= 0.3 is 6.03 Å². The number of benzene rings is 1. The Hall–Kier alpha value is -2.13. The Morgan fingerprint density at radius 1 is 1.12 bits per heavy atom. The minimum absolute atomic E-state index is 0.168. The van der Waals surface area contributed by atoms with Crippen LogP contribution in [0.4, 0.5) is 15.0 Å². The van der Waals surface area contributed by atoms with Gasteiger partial charge in [-0.15, -0.1) is 0 Å². The number of nitrogens with zero attached hydrogens (tertiary/aromatic N) is 4. The van der Waals surface area contributed by atoms with E-state index in [0.29, 0.717) is 53.2 Å². The number of carbonyl (C=O) groups is 1. The normalized spacial score (nSPS) is 19.1. The van der Waals surface area contributed by atoms with Crippen LogP contribution in [0.3, 0.4) is 0 Å². The number of anilines is 1. The second-order valence-electron chi connectivity index (χ2n) is 11.8. The van der Waals surface area contributed by atoms with Gasteiger partial charge in [-0.25, -0.2) is 14.2 Å². The number of carbonyl (C=O) groups excluding carboxylic acids is 1. The molecule has 2 aliphatic heterocycles. The molecule has 1 aromatic carbocycles. The zero-order valence-corrected chi connectivity index (χ0v) is 26.2. The Labute approximate surface area is 254 Å². The molecule has 4 rings (SSSR count). The molecule has 1 atom stereocenters. The number of hydrogen-bond donors (Lipinski definition) is 2. The molecule has 2 aliphatic rings. The summed E-state index contributed by atoms with van der Waals surface area (Å²) in [7, 11) is 0. The van der Waals surface area contributed by atoms with Crippen molar-refractivity contribution in [1.29, 1.82) is 0 Å². The number of amides is 2. The minimum atomic E-state index is -0.226. The number of aromatic nitrogens is 1. The maximum atomic E-state index is 14.3. The van der Waals surface area contributed by atoms with Crippen molar-refractivity contribution in [3.05, 3.63) is 57.5 Å². The van der Waals surface area contributed by atoms with Gasteiger partial charge in [0.05, 0.1) is 5.02 Å². The maximum absolute atomic E-state index is 14.3. The molecule has 2 saturated heterocycles. The highest BCUT2D eigenvalue weighted by atomic mass is 35.5. The van der Waals surface area contributed by atoms with E-state index >= 15 is 0 Å². The first-order valence-corrected chi connectivity index (χ1v) is 15.8. The lowest BCUT2D eigenvalue weighted by molar-refractivity contribution is 0.0607. The predicted octanol–water partition coefficient (Wildman–Crippen LogP) is 6.33. The highest BCUT2D eigenvalue weighted by Gasteiger charge is 2.34. The smallest absolute Gasteiger partial charge is 0.315 e. The van der Waals surface area contributed by atoms with Crippen molar-refractivity contribution in [3.8, 4) is 0 Å². The van der Waals surface area contributed by atoms with Crippen LogP contribution in [0.2, 0.25) is 10.0 Å². The molecule has 2 N–H and O–H groups in total. The van der Waals surface area contributed by atoms with Crippen molar-refractivity contribution in [2.75, 3.05) is 44.2 Å². The first kappa shape index (κ1) is 31.8. The van der Waals surface area contributed by atoms with Crippen LogP contribution in [-0.4, -0.2) is 72.2 Å². The average molecular weight is 608 g/mol. The van der Waals surface area contributed by atoms with Crippen LogP contribution in [-0.2, 0) is 13.1 Å². The first-order valence-electron chi connectivity index (χ1n) is 15.1. The maximum Gasteiger partial charge on any atom is 0.315 e. The van der Waals surface area contributed by atoms with Crippen LogP contribution in [0, 0.1) is 11.7 Å². The molecule has 3 heterocycles. The van der Waals surface area contributed by atoms with E-state index in [1.807, 2.05) is 12.3 Å². The third-order valence-electron chi connectivity index (χ3n) is 8.31. The Morgan fingerprint density at radius 2 is 1.90 bits per heavy atom. The number of piperazine rings is 1. The van der Waals surface area contributed by atoms with Gasteiger partial charge in [0, 0.05) is 68.1 Å². The summed E-state index contributed by atoms with van der Waals surface area (Å²) < 4.78 is 14.3. The molecule has 0 spiro atoms. The fraction of sp³-hybridized carbons (Fsp3) is 0.613. The van der Waals surface area contributed by atoms with Crippen LogP contribution < -0.4 is 15.5 Å². The van der Waals surface area contributed by atoms with Crippen molar-refractivity contribution in [2.24, 2.45) is 5.92 Å². The highest BCUT2D eigenvalue weighted by molar-refractivity contribution is 6.33. The number of hydrogen-bond acceptors (Lipinski definition) is 5. The Kier molecular flexibility index (Phi) is 11.9. The van der Waals surface area contributed by atoms with Crippen molar-refractivity contribution >= 4 is 35.1 Å². The van der Waals surface area contributed by atoms with Crippen molar-refractivity contribution in [1.82, 2.24) is 25.4 Å².